The number of rotatable bonds is 5. The highest BCUT2D eigenvalue weighted by molar-refractivity contribution is 6.02. The topological polar surface area (TPSA) is 77.6 Å². The first-order valence-corrected chi connectivity index (χ1v) is 7.11. The van der Waals surface area contributed by atoms with Crippen molar-refractivity contribution < 1.29 is 9.18 Å². The summed E-state index contributed by atoms with van der Waals surface area (Å²) < 4.78 is 16.1. The molecule has 0 unspecified atom stereocenters. The largest absolute Gasteiger partial charge is 0.289 e. The van der Waals surface area contributed by atoms with Gasteiger partial charge in [0.05, 0.1) is 18.3 Å². The highest BCUT2D eigenvalue weighted by atomic mass is 19.1. The normalized spacial score (nSPS) is 10.7. The van der Waals surface area contributed by atoms with E-state index in [0.29, 0.717) is 18.7 Å². The van der Waals surface area contributed by atoms with Gasteiger partial charge in [0.25, 0.3) is 5.91 Å². The quantitative estimate of drug-likeness (QED) is 0.780. The van der Waals surface area contributed by atoms with E-state index in [-0.39, 0.29) is 17.7 Å². The lowest BCUT2D eigenvalue weighted by Gasteiger charge is -2.01. The molecule has 118 valence electrons. The first-order chi connectivity index (χ1) is 11.1. The SMILES string of the molecule is CCn1cc(C(=O)Nc2ncn(Cc3ccc(F)cc3)n2)cn1. The van der Waals surface area contributed by atoms with Gasteiger partial charge in [0.2, 0.25) is 5.95 Å². The summed E-state index contributed by atoms with van der Waals surface area (Å²) in [5.74, 6) is -0.390. The molecule has 8 heteroatoms. The summed E-state index contributed by atoms with van der Waals surface area (Å²) in [6.45, 7) is 3.07. The lowest BCUT2D eigenvalue weighted by molar-refractivity contribution is 0.102. The second kappa shape index (κ2) is 6.39. The van der Waals surface area contributed by atoms with Crippen LogP contribution >= 0.6 is 0 Å². The van der Waals surface area contributed by atoms with Crippen molar-refractivity contribution in [3.05, 3.63) is 59.9 Å². The Kier molecular flexibility index (Phi) is 4.13. The number of hydrogen-bond acceptors (Lipinski definition) is 4. The summed E-state index contributed by atoms with van der Waals surface area (Å²) in [6, 6.07) is 6.13. The van der Waals surface area contributed by atoms with E-state index in [2.05, 4.69) is 20.5 Å². The van der Waals surface area contributed by atoms with E-state index in [1.54, 1.807) is 27.7 Å². The molecule has 1 amide bonds. The summed E-state index contributed by atoms with van der Waals surface area (Å²) in [4.78, 5) is 16.1. The average Bonchev–Trinajstić information content (AvgIpc) is 3.19. The monoisotopic (exact) mass is 314 g/mol. The Balaban J connectivity index is 1.64. The van der Waals surface area contributed by atoms with Crippen LogP contribution in [0.5, 0.6) is 0 Å². The van der Waals surface area contributed by atoms with Crippen LogP contribution < -0.4 is 5.32 Å². The van der Waals surface area contributed by atoms with Crippen molar-refractivity contribution in [3.63, 3.8) is 0 Å². The molecule has 0 radical (unpaired) electrons. The van der Waals surface area contributed by atoms with Crippen LogP contribution in [0.15, 0.2) is 43.0 Å². The van der Waals surface area contributed by atoms with Crippen molar-refractivity contribution in [2.75, 3.05) is 5.32 Å². The number of aromatic nitrogens is 5. The first-order valence-electron chi connectivity index (χ1n) is 7.11. The van der Waals surface area contributed by atoms with Crippen molar-refractivity contribution in [1.82, 2.24) is 24.5 Å². The number of amides is 1. The Morgan fingerprint density at radius 1 is 1.26 bits per heavy atom. The zero-order valence-corrected chi connectivity index (χ0v) is 12.5. The fourth-order valence-electron chi connectivity index (χ4n) is 2.03. The molecule has 0 spiro atoms. The molecule has 0 aliphatic rings. The maximum atomic E-state index is 12.9. The third-order valence-electron chi connectivity index (χ3n) is 3.24. The number of halogens is 1. The molecule has 0 saturated heterocycles. The zero-order chi connectivity index (χ0) is 16.2. The van der Waals surface area contributed by atoms with Gasteiger partial charge in [0, 0.05) is 12.7 Å². The van der Waals surface area contributed by atoms with Crippen molar-refractivity contribution in [2.45, 2.75) is 20.0 Å². The predicted octanol–water partition coefficient (Wildman–Crippen LogP) is 1.93. The lowest BCUT2D eigenvalue weighted by atomic mass is 10.2. The number of carbonyl (C=O) groups excluding carboxylic acids is 1. The molecule has 3 rings (SSSR count). The van der Waals surface area contributed by atoms with Crippen molar-refractivity contribution in [2.24, 2.45) is 0 Å². The Morgan fingerprint density at radius 2 is 2.04 bits per heavy atom. The van der Waals surface area contributed by atoms with Crippen LogP contribution in [0.4, 0.5) is 10.3 Å². The minimum Gasteiger partial charge on any atom is -0.289 e. The average molecular weight is 314 g/mol. The highest BCUT2D eigenvalue weighted by Crippen LogP contribution is 2.07. The smallest absolute Gasteiger partial charge is 0.261 e. The number of hydrogen-bond donors (Lipinski definition) is 1. The van der Waals surface area contributed by atoms with Gasteiger partial charge >= 0.3 is 0 Å². The molecule has 1 N–H and O–H groups in total. The third-order valence-corrected chi connectivity index (χ3v) is 3.24. The van der Waals surface area contributed by atoms with Gasteiger partial charge in [-0.15, -0.1) is 5.10 Å². The summed E-state index contributed by atoms with van der Waals surface area (Å²) >= 11 is 0. The van der Waals surface area contributed by atoms with Crippen LogP contribution in [0.25, 0.3) is 0 Å². The van der Waals surface area contributed by atoms with Gasteiger partial charge in [-0.2, -0.15) is 5.10 Å². The molecule has 0 aliphatic heterocycles. The Bertz CT molecular complexity index is 807. The molecule has 23 heavy (non-hydrogen) atoms. The van der Waals surface area contributed by atoms with Crippen LogP contribution in [-0.2, 0) is 13.1 Å². The Morgan fingerprint density at radius 3 is 2.74 bits per heavy atom. The Labute approximate surface area is 131 Å². The first kappa shape index (κ1) is 14.9. The van der Waals surface area contributed by atoms with Gasteiger partial charge in [-0.3, -0.25) is 14.8 Å². The van der Waals surface area contributed by atoms with Gasteiger partial charge in [0.1, 0.15) is 12.1 Å². The number of nitrogens with one attached hydrogen (secondary N) is 1. The lowest BCUT2D eigenvalue weighted by Crippen LogP contribution is -2.13. The predicted molar refractivity (Wildman–Crippen MR) is 81.4 cm³/mol. The fourth-order valence-corrected chi connectivity index (χ4v) is 2.03. The van der Waals surface area contributed by atoms with Gasteiger partial charge < -0.3 is 0 Å². The summed E-state index contributed by atoms with van der Waals surface area (Å²) in [7, 11) is 0. The second-order valence-corrected chi connectivity index (χ2v) is 4.93. The van der Waals surface area contributed by atoms with E-state index >= 15 is 0 Å². The minimum atomic E-state index is -0.316. The van der Waals surface area contributed by atoms with E-state index in [4.69, 9.17) is 0 Å². The number of nitrogens with zero attached hydrogens (tertiary/aromatic N) is 5. The van der Waals surface area contributed by atoms with Gasteiger partial charge in [-0.05, 0) is 24.6 Å². The third kappa shape index (κ3) is 3.60. The van der Waals surface area contributed by atoms with Crippen molar-refractivity contribution >= 4 is 11.9 Å². The minimum absolute atomic E-state index is 0.210. The molecular weight excluding hydrogens is 299 g/mol. The van der Waals surface area contributed by atoms with Gasteiger partial charge in [-0.25, -0.2) is 14.1 Å². The molecule has 0 bridgehead atoms. The fraction of sp³-hybridized carbons (Fsp3) is 0.200. The molecule has 0 saturated carbocycles. The maximum absolute atomic E-state index is 12.9. The molecule has 1 aromatic carbocycles. The molecule has 2 aromatic heterocycles. The molecule has 0 fully saturated rings. The zero-order valence-electron chi connectivity index (χ0n) is 12.5. The molecular formula is C15H15FN6O. The number of anilines is 1. The van der Waals surface area contributed by atoms with Crippen LogP contribution in [0.2, 0.25) is 0 Å². The summed E-state index contributed by atoms with van der Waals surface area (Å²) in [5, 5.41) is 10.8. The number of carbonyl (C=O) groups is 1. The van der Waals surface area contributed by atoms with Crippen molar-refractivity contribution in [1.29, 1.82) is 0 Å². The van der Waals surface area contributed by atoms with Crippen LogP contribution in [-0.4, -0.2) is 30.5 Å². The molecule has 0 aliphatic carbocycles. The highest BCUT2D eigenvalue weighted by Gasteiger charge is 2.11. The maximum Gasteiger partial charge on any atom is 0.261 e. The molecule has 3 aromatic rings. The van der Waals surface area contributed by atoms with E-state index in [0.717, 1.165) is 5.56 Å². The second-order valence-electron chi connectivity index (χ2n) is 4.93. The van der Waals surface area contributed by atoms with E-state index in [1.165, 1.54) is 24.7 Å². The summed E-state index contributed by atoms with van der Waals surface area (Å²) in [6.07, 6.45) is 4.66. The summed E-state index contributed by atoms with van der Waals surface area (Å²) in [5.41, 5.74) is 1.33. The number of aryl methyl sites for hydroxylation is 1. The van der Waals surface area contributed by atoms with E-state index < -0.39 is 0 Å². The van der Waals surface area contributed by atoms with E-state index in [9.17, 15) is 9.18 Å². The van der Waals surface area contributed by atoms with Crippen LogP contribution in [0, 0.1) is 5.82 Å². The Hall–Kier alpha value is -3.03. The van der Waals surface area contributed by atoms with Crippen LogP contribution in [0.1, 0.15) is 22.8 Å². The standard InChI is InChI=1S/C15H15FN6O/c1-2-21-9-12(7-18-21)14(23)19-15-17-10-22(20-15)8-11-3-5-13(16)6-4-11/h3-7,9-10H,2,8H2,1H3,(H,19,20,23). The van der Waals surface area contributed by atoms with E-state index in [1.807, 2.05) is 6.92 Å². The molecule has 0 atom stereocenters. The van der Waals surface area contributed by atoms with Crippen molar-refractivity contribution in [3.8, 4) is 0 Å². The van der Waals surface area contributed by atoms with Crippen LogP contribution in [0.3, 0.4) is 0 Å². The van der Waals surface area contributed by atoms with Gasteiger partial charge in [0.15, 0.2) is 0 Å². The molecule has 7 nitrogen and oxygen atoms in total. The number of benzene rings is 1. The van der Waals surface area contributed by atoms with Gasteiger partial charge in [-0.1, -0.05) is 12.1 Å². The molecule has 2 heterocycles.